The molecule has 96 valence electrons. The summed E-state index contributed by atoms with van der Waals surface area (Å²) in [5.74, 6) is -0.492. The zero-order chi connectivity index (χ0) is 13.0. The van der Waals surface area contributed by atoms with Crippen LogP contribution in [0.15, 0.2) is 0 Å². The van der Waals surface area contributed by atoms with Crippen molar-refractivity contribution in [3.8, 4) is 0 Å². The van der Waals surface area contributed by atoms with Gasteiger partial charge in [0.15, 0.2) is 0 Å². The van der Waals surface area contributed by atoms with E-state index in [1.165, 1.54) is 14.2 Å². The third-order valence-electron chi connectivity index (χ3n) is 2.16. The third kappa shape index (κ3) is 3.70. The van der Waals surface area contributed by atoms with Gasteiger partial charge in [-0.15, -0.1) is 0 Å². The number of carbonyl (C=O) groups excluding carboxylic acids is 1. The van der Waals surface area contributed by atoms with Crippen LogP contribution < -0.4 is 0 Å². The average Bonchev–Trinajstić information content (AvgIpc) is 2.16. The molecule has 0 fully saturated rings. The van der Waals surface area contributed by atoms with Gasteiger partial charge in [0.2, 0.25) is 0 Å². The Kier molecular flexibility index (Phi) is 5.90. The number of hydrogen-bond acceptors (Lipinski definition) is 5. The summed E-state index contributed by atoms with van der Waals surface area (Å²) >= 11 is 0. The van der Waals surface area contributed by atoms with Gasteiger partial charge in [0, 0.05) is 14.2 Å². The Bertz CT molecular complexity index is 278. The first-order chi connectivity index (χ1) is 7.22. The van der Waals surface area contributed by atoms with E-state index < -0.39 is 26.9 Å². The molecule has 1 unspecified atom stereocenters. The van der Waals surface area contributed by atoms with Gasteiger partial charge in [-0.2, -0.15) is 0 Å². The first kappa shape index (κ1) is 15.8. The van der Waals surface area contributed by atoms with E-state index in [1.54, 1.807) is 6.92 Å². The van der Waals surface area contributed by atoms with Crippen molar-refractivity contribution in [1.29, 1.82) is 0 Å². The Labute approximate surface area is 98.0 Å². The molecule has 5 nitrogen and oxygen atoms in total. The van der Waals surface area contributed by atoms with Crippen LogP contribution >= 0.6 is 7.60 Å². The van der Waals surface area contributed by atoms with Crippen LogP contribution in [0.5, 0.6) is 0 Å². The highest BCUT2D eigenvalue weighted by atomic mass is 31.2. The molecule has 0 aliphatic heterocycles. The van der Waals surface area contributed by atoms with Crippen LogP contribution in [0, 0.1) is 0 Å². The third-order valence-corrected chi connectivity index (χ3v) is 9.17. The normalized spacial score (nSPS) is 14.6. The number of rotatable bonds is 6. The maximum Gasteiger partial charge on any atom is 0.341 e. The standard InChI is InChI=1S/C9H21O5PSi/c1-7-14-8(10)9(16(4,5)6)15(11,12-2)13-3/h9H,7H2,1-6H3. The van der Waals surface area contributed by atoms with Crippen LogP contribution in [-0.2, 0) is 23.1 Å². The SMILES string of the molecule is CCOC(=O)C([Si](C)(C)C)P(=O)(OC)OC. The van der Waals surface area contributed by atoms with E-state index in [1.807, 2.05) is 19.6 Å². The second-order valence-corrected chi connectivity index (χ2v) is 12.5. The van der Waals surface area contributed by atoms with E-state index in [4.69, 9.17) is 13.8 Å². The van der Waals surface area contributed by atoms with E-state index >= 15 is 0 Å². The second kappa shape index (κ2) is 5.96. The lowest BCUT2D eigenvalue weighted by Crippen LogP contribution is -2.45. The van der Waals surface area contributed by atoms with E-state index in [9.17, 15) is 9.36 Å². The van der Waals surface area contributed by atoms with Crippen LogP contribution in [0.25, 0.3) is 0 Å². The van der Waals surface area contributed by atoms with Gasteiger partial charge in [-0.25, -0.2) is 0 Å². The number of hydrogen-bond donors (Lipinski definition) is 0. The summed E-state index contributed by atoms with van der Waals surface area (Å²) in [7, 11) is -2.89. The van der Waals surface area contributed by atoms with Gasteiger partial charge in [0.25, 0.3) is 0 Å². The largest absolute Gasteiger partial charge is 0.466 e. The Morgan fingerprint density at radius 1 is 1.25 bits per heavy atom. The van der Waals surface area contributed by atoms with Crippen molar-refractivity contribution in [3.63, 3.8) is 0 Å². The van der Waals surface area contributed by atoms with Crippen molar-refractivity contribution in [2.75, 3.05) is 20.8 Å². The molecule has 0 heterocycles. The minimum atomic E-state index is -3.41. The molecular formula is C9H21O5PSi. The molecule has 0 aromatic heterocycles. The van der Waals surface area contributed by atoms with Gasteiger partial charge in [0.05, 0.1) is 14.7 Å². The Hall–Kier alpha value is -0.163. The summed E-state index contributed by atoms with van der Waals surface area (Å²) in [6.07, 6.45) is 0. The van der Waals surface area contributed by atoms with Crippen molar-refractivity contribution in [3.05, 3.63) is 0 Å². The van der Waals surface area contributed by atoms with Crippen molar-refractivity contribution < 1.29 is 23.1 Å². The monoisotopic (exact) mass is 268 g/mol. The van der Waals surface area contributed by atoms with Gasteiger partial charge in [0.1, 0.15) is 5.28 Å². The molecule has 16 heavy (non-hydrogen) atoms. The van der Waals surface area contributed by atoms with Crippen LogP contribution in [0.4, 0.5) is 0 Å². The van der Waals surface area contributed by atoms with Crippen molar-refractivity contribution in [1.82, 2.24) is 0 Å². The van der Waals surface area contributed by atoms with Crippen LogP contribution in [0.3, 0.4) is 0 Å². The fourth-order valence-electron chi connectivity index (χ4n) is 1.46. The summed E-state index contributed by atoms with van der Waals surface area (Å²) in [6.45, 7) is 7.76. The van der Waals surface area contributed by atoms with E-state index in [-0.39, 0.29) is 6.61 Å². The van der Waals surface area contributed by atoms with Gasteiger partial charge < -0.3 is 13.8 Å². The first-order valence-corrected chi connectivity index (χ1v) is 10.3. The molecule has 0 bridgehead atoms. The predicted molar refractivity (Wildman–Crippen MR) is 65.4 cm³/mol. The molecule has 0 saturated carbocycles. The van der Waals surface area contributed by atoms with Crippen LogP contribution in [-0.4, -0.2) is 40.2 Å². The number of carbonyl (C=O) groups is 1. The lowest BCUT2D eigenvalue weighted by molar-refractivity contribution is -0.141. The van der Waals surface area contributed by atoms with Crippen molar-refractivity contribution >= 4 is 21.6 Å². The quantitative estimate of drug-likeness (QED) is 0.420. The summed E-state index contributed by atoms with van der Waals surface area (Å²) in [4.78, 5) is 11.8. The highest BCUT2D eigenvalue weighted by Crippen LogP contribution is 2.55. The van der Waals surface area contributed by atoms with Gasteiger partial charge in [-0.05, 0) is 6.92 Å². The fourth-order valence-corrected chi connectivity index (χ4v) is 7.58. The van der Waals surface area contributed by atoms with Gasteiger partial charge >= 0.3 is 13.6 Å². The van der Waals surface area contributed by atoms with Gasteiger partial charge in [-0.3, -0.25) is 9.36 Å². The molecule has 0 radical (unpaired) electrons. The highest BCUT2D eigenvalue weighted by molar-refractivity contribution is 7.59. The topological polar surface area (TPSA) is 61.8 Å². The molecule has 0 aromatic rings. The molecule has 1 atom stereocenters. The Balaban J connectivity index is 5.26. The second-order valence-electron chi connectivity index (χ2n) is 4.43. The molecule has 0 aromatic carbocycles. The molecule has 7 heteroatoms. The Morgan fingerprint density at radius 2 is 1.69 bits per heavy atom. The molecular weight excluding hydrogens is 247 g/mol. The van der Waals surface area contributed by atoms with Crippen molar-refractivity contribution in [2.24, 2.45) is 0 Å². The molecule has 0 N–H and O–H groups in total. The summed E-state index contributed by atoms with van der Waals surface area (Å²) in [5.41, 5.74) is 0. The van der Waals surface area contributed by atoms with E-state index in [0.29, 0.717) is 0 Å². The lowest BCUT2D eigenvalue weighted by atomic mass is 10.7. The maximum atomic E-state index is 12.3. The fraction of sp³-hybridized carbons (Fsp3) is 0.889. The molecule has 0 amide bonds. The minimum Gasteiger partial charge on any atom is -0.466 e. The maximum absolute atomic E-state index is 12.3. The number of ether oxygens (including phenoxy) is 1. The molecule has 0 saturated heterocycles. The molecule has 0 aliphatic rings. The smallest absolute Gasteiger partial charge is 0.341 e. The predicted octanol–water partition coefficient (Wildman–Crippen LogP) is 2.28. The summed E-state index contributed by atoms with van der Waals surface area (Å²) < 4.78 is 27.1. The minimum absolute atomic E-state index is 0.257. The van der Waals surface area contributed by atoms with Crippen LogP contribution in [0.1, 0.15) is 6.92 Å². The van der Waals surface area contributed by atoms with Crippen molar-refractivity contribution in [2.45, 2.75) is 31.8 Å². The van der Waals surface area contributed by atoms with Gasteiger partial charge in [-0.1, -0.05) is 19.6 Å². The van der Waals surface area contributed by atoms with Crippen LogP contribution in [0.2, 0.25) is 19.6 Å². The zero-order valence-corrected chi connectivity index (χ0v) is 12.7. The lowest BCUT2D eigenvalue weighted by Gasteiger charge is -2.31. The molecule has 0 aliphatic carbocycles. The Morgan fingerprint density at radius 3 is 1.94 bits per heavy atom. The van der Waals surface area contributed by atoms with E-state index in [2.05, 4.69) is 0 Å². The summed E-state index contributed by atoms with van der Waals surface area (Å²) in [6, 6.07) is 0. The zero-order valence-electron chi connectivity index (χ0n) is 10.8. The summed E-state index contributed by atoms with van der Waals surface area (Å²) in [5, 5.41) is -0.782. The number of esters is 1. The molecule has 0 rings (SSSR count). The first-order valence-electron chi connectivity index (χ1n) is 5.10. The molecule has 0 spiro atoms. The van der Waals surface area contributed by atoms with E-state index in [0.717, 1.165) is 0 Å². The average molecular weight is 268 g/mol. The highest BCUT2D eigenvalue weighted by Gasteiger charge is 2.49.